The molecule has 0 aliphatic rings. The zero-order chi connectivity index (χ0) is 8.27. The van der Waals surface area contributed by atoms with E-state index in [4.69, 9.17) is 10.2 Å². The van der Waals surface area contributed by atoms with Crippen molar-refractivity contribution < 1.29 is 18.7 Å². The average molecular weight is 157 g/mol. The molecule has 11 heavy (non-hydrogen) atoms. The molecule has 0 aromatic carbocycles. The highest BCUT2D eigenvalue weighted by Crippen LogP contribution is 2.17. The molecule has 0 aliphatic heterocycles. The van der Waals surface area contributed by atoms with E-state index in [2.05, 4.69) is 9.47 Å². The minimum absolute atomic E-state index is 0.0225. The summed E-state index contributed by atoms with van der Waals surface area (Å²) in [6.45, 7) is 0. The van der Waals surface area contributed by atoms with Gasteiger partial charge in [-0.1, -0.05) is 0 Å². The maximum Gasteiger partial charge on any atom is 0.516 e. The largest absolute Gasteiger partial charge is 0.516 e. The highest BCUT2D eigenvalue weighted by molar-refractivity contribution is 5.62. The van der Waals surface area contributed by atoms with Crippen LogP contribution in [0.25, 0.3) is 0 Å². The minimum Gasteiger partial charge on any atom is -0.437 e. The quantitative estimate of drug-likeness (QED) is 0.615. The zero-order valence-corrected chi connectivity index (χ0v) is 5.87. The van der Waals surface area contributed by atoms with Gasteiger partial charge in [-0.15, -0.1) is 0 Å². The normalized spacial score (nSPS) is 9.18. The third-order valence-electron chi connectivity index (χ3n) is 0.953. The third kappa shape index (κ3) is 1.89. The van der Waals surface area contributed by atoms with E-state index in [0.717, 1.165) is 0 Å². The number of carbonyl (C=O) groups excluding carboxylic acids is 1. The number of nitrogen functional groups attached to an aromatic ring is 1. The topological polar surface area (TPSA) is 74.7 Å². The van der Waals surface area contributed by atoms with E-state index in [1.807, 2.05) is 0 Å². The van der Waals surface area contributed by atoms with Crippen molar-refractivity contribution in [3.8, 4) is 5.95 Å². The van der Waals surface area contributed by atoms with Crippen LogP contribution in [0.4, 0.5) is 10.7 Å². The van der Waals surface area contributed by atoms with Crippen molar-refractivity contribution >= 4 is 12.0 Å². The predicted molar refractivity (Wildman–Crippen MR) is 36.2 cm³/mol. The first-order chi connectivity index (χ1) is 5.22. The summed E-state index contributed by atoms with van der Waals surface area (Å²) >= 11 is 0. The Bertz CT molecular complexity index is 255. The molecular weight excluding hydrogens is 150 g/mol. The van der Waals surface area contributed by atoms with E-state index in [0.29, 0.717) is 0 Å². The van der Waals surface area contributed by atoms with Crippen molar-refractivity contribution in [1.82, 2.24) is 0 Å². The molecule has 2 N–H and O–H groups in total. The standard InChI is InChI=1S/C6H7NO4/c1-9-6(8)11-5-3-2-4(7)10-5/h2-3H,7H2,1H3. The van der Waals surface area contributed by atoms with E-state index >= 15 is 0 Å². The molecule has 1 aromatic rings. The Morgan fingerprint density at radius 2 is 2.36 bits per heavy atom. The fraction of sp³-hybridized carbons (Fsp3) is 0.167. The summed E-state index contributed by atoms with van der Waals surface area (Å²) in [5.74, 6) is 0.207. The van der Waals surface area contributed by atoms with Crippen molar-refractivity contribution in [3.63, 3.8) is 0 Å². The summed E-state index contributed by atoms with van der Waals surface area (Å²) < 4.78 is 13.4. The second kappa shape index (κ2) is 2.96. The number of methoxy groups -OCH3 is 1. The number of ether oxygens (including phenoxy) is 2. The fourth-order valence-corrected chi connectivity index (χ4v) is 0.513. The van der Waals surface area contributed by atoms with Crippen molar-refractivity contribution in [2.75, 3.05) is 12.8 Å². The maximum atomic E-state index is 10.4. The van der Waals surface area contributed by atoms with Crippen LogP contribution in [0, 0.1) is 0 Å². The van der Waals surface area contributed by atoms with Crippen LogP contribution in [0.15, 0.2) is 16.5 Å². The molecule has 0 fully saturated rings. The zero-order valence-electron chi connectivity index (χ0n) is 5.87. The van der Waals surface area contributed by atoms with Crippen LogP contribution >= 0.6 is 0 Å². The number of hydrogen-bond donors (Lipinski definition) is 1. The molecule has 0 radical (unpaired) electrons. The first-order valence-corrected chi connectivity index (χ1v) is 2.83. The molecule has 0 aliphatic carbocycles. The molecule has 0 atom stereocenters. The Labute approximate surface area is 62.7 Å². The summed E-state index contributed by atoms with van der Waals surface area (Å²) in [5, 5.41) is 0. The molecule has 0 spiro atoms. The second-order valence-corrected chi connectivity index (χ2v) is 1.71. The predicted octanol–water partition coefficient (Wildman–Crippen LogP) is 1.01. The molecule has 0 saturated heterocycles. The van der Waals surface area contributed by atoms with Gasteiger partial charge in [0.05, 0.1) is 7.11 Å². The highest BCUT2D eigenvalue weighted by Gasteiger charge is 2.06. The number of hydrogen-bond acceptors (Lipinski definition) is 5. The Kier molecular flexibility index (Phi) is 2.00. The first kappa shape index (κ1) is 7.46. The van der Waals surface area contributed by atoms with Crippen LogP contribution in [0.1, 0.15) is 0 Å². The fourth-order valence-electron chi connectivity index (χ4n) is 0.513. The monoisotopic (exact) mass is 157 g/mol. The van der Waals surface area contributed by atoms with Crippen LogP contribution in [0.5, 0.6) is 5.95 Å². The molecule has 1 rings (SSSR count). The van der Waals surface area contributed by atoms with Gasteiger partial charge in [0.25, 0.3) is 5.95 Å². The van der Waals surface area contributed by atoms with Crippen molar-refractivity contribution in [3.05, 3.63) is 12.1 Å². The van der Waals surface area contributed by atoms with Crippen LogP contribution in [-0.2, 0) is 4.74 Å². The minimum atomic E-state index is -0.834. The molecular formula is C6H7NO4. The average Bonchev–Trinajstić information content (AvgIpc) is 2.35. The summed E-state index contributed by atoms with van der Waals surface area (Å²) in [6, 6.07) is 2.89. The van der Waals surface area contributed by atoms with Crippen molar-refractivity contribution in [1.29, 1.82) is 0 Å². The van der Waals surface area contributed by atoms with Crippen molar-refractivity contribution in [2.45, 2.75) is 0 Å². The van der Waals surface area contributed by atoms with Gasteiger partial charge < -0.3 is 19.6 Å². The van der Waals surface area contributed by atoms with Crippen LogP contribution in [0.2, 0.25) is 0 Å². The van der Waals surface area contributed by atoms with Gasteiger partial charge in [0, 0.05) is 12.1 Å². The molecule has 0 unspecified atom stereocenters. The van der Waals surface area contributed by atoms with Gasteiger partial charge in [-0.25, -0.2) is 4.79 Å². The lowest BCUT2D eigenvalue weighted by Gasteiger charge is -1.95. The molecule has 0 saturated carbocycles. The van der Waals surface area contributed by atoms with E-state index in [1.54, 1.807) is 0 Å². The number of rotatable bonds is 1. The third-order valence-corrected chi connectivity index (χ3v) is 0.953. The van der Waals surface area contributed by atoms with Crippen molar-refractivity contribution in [2.24, 2.45) is 0 Å². The summed E-state index contributed by atoms with van der Waals surface area (Å²) in [5.41, 5.74) is 5.20. The Hall–Kier alpha value is -1.65. The maximum absolute atomic E-state index is 10.4. The summed E-state index contributed by atoms with van der Waals surface area (Å²) in [7, 11) is 1.20. The molecule has 5 nitrogen and oxygen atoms in total. The number of anilines is 1. The lowest BCUT2D eigenvalue weighted by molar-refractivity contribution is 0.111. The second-order valence-electron chi connectivity index (χ2n) is 1.71. The van der Waals surface area contributed by atoms with Gasteiger partial charge in [-0.3, -0.25) is 0 Å². The van der Waals surface area contributed by atoms with Gasteiger partial charge in [-0.2, -0.15) is 0 Å². The Morgan fingerprint density at radius 1 is 1.64 bits per heavy atom. The van der Waals surface area contributed by atoms with E-state index in [1.165, 1.54) is 19.2 Å². The van der Waals surface area contributed by atoms with E-state index in [9.17, 15) is 4.79 Å². The number of nitrogens with two attached hydrogens (primary N) is 1. The van der Waals surface area contributed by atoms with Crippen LogP contribution in [0.3, 0.4) is 0 Å². The smallest absolute Gasteiger partial charge is 0.437 e. The molecule has 60 valence electrons. The van der Waals surface area contributed by atoms with Crippen LogP contribution < -0.4 is 10.5 Å². The molecule has 0 amide bonds. The van der Waals surface area contributed by atoms with E-state index in [-0.39, 0.29) is 11.8 Å². The number of furan rings is 1. The summed E-state index contributed by atoms with van der Waals surface area (Å²) in [6.07, 6.45) is -0.834. The lowest BCUT2D eigenvalue weighted by Crippen LogP contribution is -2.06. The van der Waals surface area contributed by atoms with Gasteiger partial charge >= 0.3 is 6.16 Å². The van der Waals surface area contributed by atoms with Crippen LogP contribution in [-0.4, -0.2) is 13.3 Å². The Morgan fingerprint density at radius 3 is 2.82 bits per heavy atom. The van der Waals surface area contributed by atoms with Gasteiger partial charge in [0.2, 0.25) is 0 Å². The molecule has 5 heteroatoms. The van der Waals surface area contributed by atoms with Gasteiger partial charge in [0.15, 0.2) is 5.88 Å². The lowest BCUT2D eigenvalue weighted by atomic mass is 10.6. The molecule has 0 bridgehead atoms. The Balaban J connectivity index is 2.57. The SMILES string of the molecule is COC(=O)Oc1ccc(N)o1. The van der Waals surface area contributed by atoms with Gasteiger partial charge in [-0.05, 0) is 0 Å². The highest BCUT2D eigenvalue weighted by atomic mass is 16.7. The molecule has 1 aromatic heterocycles. The molecule has 1 heterocycles. The van der Waals surface area contributed by atoms with E-state index < -0.39 is 6.16 Å². The first-order valence-electron chi connectivity index (χ1n) is 2.83. The number of carbonyl (C=O) groups is 1. The summed E-state index contributed by atoms with van der Waals surface area (Å²) in [4.78, 5) is 10.4. The van der Waals surface area contributed by atoms with Gasteiger partial charge in [0.1, 0.15) is 0 Å².